The lowest BCUT2D eigenvalue weighted by atomic mass is 9.96. The van der Waals surface area contributed by atoms with Gasteiger partial charge in [-0.05, 0) is 50.2 Å². The topological polar surface area (TPSA) is 63.8 Å². The number of nitrogens with zero attached hydrogens (tertiary/aromatic N) is 6. The van der Waals surface area contributed by atoms with Gasteiger partial charge < -0.3 is 10.2 Å². The molecule has 8 heteroatoms. The summed E-state index contributed by atoms with van der Waals surface area (Å²) in [6, 6.07) is 8.33. The van der Waals surface area contributed by atoms with Crippen LogP contribution >= 0.6 is 12.2 Å². The maximum atomic E-state index is 5.73. The number of hydrogen-bond acceptors (Lipinski definition) is 4. The number of aromatic nitrogens is 5. The van der Waals surface area contributed by atoms with E-state index in [0.29, 0.717) is 5.92 Å². The predicted octanol–water partition coefficient (Wildman–Crippen LogP) is 3.03. The Morgan fingerprint density at radius 2 is 1.93 bits per heavy atom. The van der Waals surface area contributed by atoms with E-state index in [4.69, 9.17) is 12.2 Å². The summed E-state index contributed by atoms with van der Waals surface area (Å²) < 4.78 is 4.02. The Balaban J connectivity index is 1.83. The summed E-state index contributed by atoms with van der Waals surface area (Å²) >= 11 is 5.73. The third kappa shape index (κ3) is 3.17. The molecule has 4 rings (SSSR count). The lowest BCUT2D eigenvalue weighted by Crippen LogP contribution is -2.33. The smallest absolute Gasteiger partial charge is 0.170 e. The summed E-state index contributed by atoms with van der Waals surface area (Å²) in [7, 11) is 0. The van der Waals surface area contributed by atoms with Crippen LogP contribution in [0.1, 0.15) is 48.6 Å². The highest BCUT2D eigenvalue weighted by Gasteiger charge is 2.41. The molecule has 4 heterocycles. The predicted molar refractivity (Wildman–Crippen MR) is 112 cm³/mol. The second-order valence-corrected chi connectivity index (χ2v) is 8.04. The second kappa shape index (κ2) is 7.35. The Morgan fingerprint density at radius 3 is 2.57 bits per heavy atom. The highest BCUT2D eigenvalue weighted by Crippen LogP contribution is 2.41. The van der Waals surface area contributed by atoms with Gasteiger partial charge in [0.1, 0.15) is 12.7 Å². The number of pyridine rings is 1. The molecule has 0 aliphatic carbocycles. The highest BCUT2D eigenvalue weighted by atomic mass is 32.1. The van der Waals surface area contributed by atoms with Crippen molar-refractivity contribution in [3.05, 3.63) is 65.8 Å². The molecule has 1 saturated heterocycles. The van der Waals surface area contributed by atoms with Gasteiger partial charge >= 0.3 is 0 Å². The minimum Gasteiger partial charge on any atom is -0.352 e. The van der Waals surface area contributed by atoms with Crippen LogP contribution in [-0.2, 0) is 0 Å². The van der Waals surface area contributed by atoms with E-state index in [1.54, 1.807) is 12.7 Å². The van der Waals surface area contributed by atoms with Gasteiger partial charge in [0.05, 0.1) is 17.8 Å². The van der Waals surface area contributed by atoms with E-state index in [-0.39, 0.29) is 12.1 Å². The van der Waals surface area contributed by atoms with Crippen LogP contribution in [0.3, 0.4) is 0 Å². The van der Waals surface area contributed by atoms with Gasteiger partial charge in [-0.3, -0.25) is 9.66 Å². The third-order valence-corrected chi connectivity index (χ3v) is 5.50. The van der Waals surface area contributed by atoms with Crippen molar-refractivity contribution in [2.45, 2.75) is 39.8 Å². The summed E-state index contributed by atoms with van der Waals surface area (Å²) in [4.78, 5) is 6.92. The summed E-state index contributed by atoms with van der Waals surface area (Å²) in [6.07, 6.45) is 5.26. The molecule has 0 radical (unpaired) electrons. The summed E-state index contributed by atoms with van der Waals surface area (Å²) in [6.45, 7) is 9.55. The molecule has 7 nitrogen and oxygen atoms in total. The van der Waals surface area contributed by atoms with Crippen molar-refractivity contribution in [1.29, 1.82) is 0 Å². The Morgan fingerprint density at radius 1 is 1.18 bits per heavy atom. The van der Waals surface area contributed by atoms with Gasteiger partial charge in [-0.1, -0.05) is 19.9 Å². The van der Waals surface area contributed by atoms with Gasteiger partial charge in [0.2, 0.25) is 0 Å². The van der Waals surface area contributed by atoms with Crippen LogP contribution < -0.4 is 5.32 Å². The zero-order valence-corrected chi connectivity index (χ0v) is 17.4. The van der Waals surface area contributed by atoms with Crippen LogP contribution in [0, 0.1) is 19.8 Å². The Bertz CT molecular complexity index is 962. The molecule has 0 spiro atoms. The molecule has 2 atom stereocenters. The van der Waals surface area contributed by atoms with Crippen LogP contribution in [0.15, 0.2) is 43.1 Å². The molecular formula is C20H25N7S. The monoisotopic (exact) mass is 395 g/mol. The maximum Gasteiger partial charge on any atom is 0.170 e. The minimum absolute atomic E-state index is 0.00214. The molecular weight excluding hydrogens is 370 g/mol. The number of aryl methyl sites for hydroxylation is 1. The summed E-state index contributed by atoms with van der Waals surface area (Å²) in [5.41, 5.74) is 4.49. The lowest BCUT2D eigenvalue weighted by molar-refractivity contribution is 0.286. The normalized spacial score (nSPS) is 19.5. The number of nitrogens with one attached hydrogen (secondary N) is 1. The molecule has 0 saturated carbocycles. The highest BCUT2D eigenvalue weighted by molar-refractivity contribution is 7.80. The van der Waals surface area contributed by atoms with E-state index < -0.39 is 0 Å². The van der Waals surface area contributed by atoms with E-state index in [1.165, 1.54) is 5.56 Å². The first-order valence-electron chi connectivity index (χ1n) is 9.49. The van der Waals surface area contributed by atoms with Crippen LogP contribution in [0.5, 0.6) is 0 Å². The lowest BCUT2D eigenvalue weighted by Gasteiger charge is -2.29. The maximum absolute atomic E-state index is 5.73. The van der Waals surface area contributed by atoms with Gasteiger partial charge in [0.25, 0.3) is 0 Å². The quantitative estimate of drug-likeness (QED) is 0.670. The average molecular weight is 396 g/mol. The first kappa shape index (κ1) is 18.6. The number of rotatable bonds is 5. The largest absolute Gasteiger partial charge is 0.352 e. The van der Waals surface area contributed by atoms with E-state index in [2.05, 4.69) is 69.9 Å². The van der Waals surface area contributed by atoms with Crippen LogP contribution in [-0.4, -0.2) is 41.1 Å². The Kier molecular flexibility index (Phi) is 4.89. The van der Waals surface area contributed by atoms with Crippen molar-refractivity contribution >= 4 is 17.3 Å². The van der Waals surface area contributed by atoms with E-state index in [9.17, 15) is 0 Å². The zero-order valence-electron chi connectivity index (χ0n) is 16.6. The fourth-order valence-electron chi connectivity index (χ4n) is 4.06. The van der Waals surface area contributed by atoms with E-state index in [1.807, 2.05) is 23.0 Å². The second-order valence-electron chi connectivity index (χ2n) is 7.65. The summed E-state index contributed by atoms with van der Waals surface area (Å²) in [5, 5.41) is 12.2. The van der Waals surface area contributed by atoms with Crippen LogP contribution in [0.4, 0.5) is 0 Å². The first-order chi connectivity index (χ1) is 13.5. The third-order valence-electron chi connectivity index (χ3n) is 5.15. The van der Waals surface area contributed by atoms with E-state index in [0.717, 1.165) is 28.7 Å². The van der Waals surface area contributed by atoms with Gasteiger partial charge in [-0.15, -0.1) is 10.2 Å². The van der Waals surface area contributed by atoms with Crippen molar-refractivity contribution in [2.24, 2.45) is 5.92 Å². The number of hydrogen-bond donors (Lipinski definition) is 1. The van der Waals surface area contributed by atoms with E-state index >= 15 is 0 Å². The zero-order chi connectivity index (χ0) is 19.8. The SMILES string of the molecule is Cc1cc([C@H]2[C@H](c3ccccn3)NC(=S)N2CC(C)C)c(C)n1-n1cnnc1. The van der Waals surface area contributed by atoms with Crippen LogP contribution in [0.25, 0.3) is 0 Å². The van der Waals surface area contributed by atoms with Crippen molar-refractivity contribution in [3.63, 3.8) is 0 Å². The molecule has 1 fully saturated rings. The molecule has 0 amide bonds. The molecule has 1 N–H and O–H groups in total. The van der Waals surface area contributed by atoms with Gasteiger partial charge in [0, 0.05) is 29.7 Å². The molecule has 0 bridgehead atoms. The van der Waals surface area contributed by atoms with Crippen molar-refractivity contribution in [2.75, 3.05) is 6.54 Å². The first-order valence-corrected chi connectivity index (χ1v) is 9.90. The molecule has 3 aromatic heterocycles. The molecule has 1 aliphatic rings. The van der Waals surface area contributed by atoms with Crippen molar-refractivity contribution in [1.82, 2.24) is 34.8 Å². The fourth-order valence-corrected chi connectivity index (χ4v) is 4.38. The van der Waals surface area contributed by atoms with Crippen LogP contribution in [0.2, 0.25) is 0 Å². The Hall–Kier alpha value is -2.74. The Labute approximate surface area is 170 Å². The molecule has 28 heavy (non-hydrogen) atoms. The van der Waals surface area contributed by atoms with Gasteiger partial charge in [-0.2, -0.15) is 0 Å². The minimum atomic E-state index is 0.00214. The fraction of sp³-hybridized carbons (Fsp3) is 0.400. The van der Waals surface area contributed by atoms with Crippen molar-refractivity contribution < 1.29 is 0 Å². The van der Waals surface area contributed by atoms with Gasteiger partial charge in [-0.25, -0.2) is 4.68 Å². The standard InChI is InChI=1S/C20H25N7S/c1-13(2)10-26-19(18(24-20(26)28)17-7-5-6-8-21-17)16-9-14(3)27(15(16)4)25-11-22-23-12-25/h5-9,11-13,18-19H,10H2,1-4H3,(H,24,28)/t18-,19-/m0/s1. The molecule has 1 aliphatic heterocycles. The molecule has 0 aromatic carbocycles. The van der Waals surface area contributed by atoms with Gasteiger partial charge in [0.15, 0.2) is 5.11 Å². The molecule has 0 unspecified atom stereocenters. The van der Waals surface area contributed by atoms with Crippen molar-refractivity contribution in [3.8, 4) is 0 Å². The summed E-state index contributed by atoms with van der Waals surface area (Å²) in [5.74, 6) is 0.492. The number of thiocarbonyl (C=S) groups is 1. The molecule has 146 valence electrons. The molecule has 3 aromatic rings. The average Bonchev–Trinajstić information content (AvgIpc) is 3.35.